The summed E-state index contributed by atoms with van der Waals surface area (Å²) in [5.41, 5.74) is 0.332. The second-order valence-corrected chi connectivity index (χ2v) is 5.86. The number of hydrogen-bond donors (Lipinski definition) is 1. The van der Waals surface area contributed by atoms with Crippen molar-refractivity contribution >= 4 is 5.91 Å². The van der Waals surface area contributed by atoms with E-state index in [0.29, 0.717) is 31.0 Å². The molecule has 26 heavy (non-hydrogen) atoms. The first-order chi connectivity index (χ1) is 12.5. The topological polar surface area (TPSA) is 91.2 Å². The maximum absolute atomic E-state index is 12.3. The zero-order chi connectivity index (χ0) is 18.5. The molecule has 1 aliphatic heterocycles. The van der Waals surface area contributed by atoms with E-state index in [2.05, 4.69) is 20.4 Å². The number of alkyl halides is 2. The number of nitrogens with one attached hydrogen (secondary N) is 1. The monoisotopic (exact) mass is 367 g/mol. The van der Waals surface area contributed by atoms with E-state index in [4.69, 9.17) is 9.47 Å². The fourth-order valence-electron chi connectivity index (χ4n) is 2.69. The van der Waals surface area contributed by atoms with Gasteiger partial charge in [0.15, 0.2) is 12.4 Å². The average molecular weight is 367 g/mol. The van der Waals surface area contributed by atoms with Gasteiger partial charge in [0.1, 0.15) is 12.4 Å². The van der Waals surface area contributed by atoms with E-state index >= 15 is 0 Å². The number of fused-ring (bicyclic) bond motifs is 1. The summed E-state index contributed by atoms with van der Waals surface area (Å²) in [6.07, 6.45) is 0.189. The van der Waals surface area contributed by atoms with Crippen LogP contribution in [0.4, 0.5) is 8.78 Å². The second kappa shape index (κ2) is 8.17. The minimum absolute atomic E-state index is 0.0532. The van der Waals surface area contributed by atoms with Crippen LogP contribution in [0.5, 0.6) is 5.88 Å². The normalized spacial score (nSPS) is 16.4. The summed E-state index contributed by atoms with van der Waals surface area (Å²) in [4.78, 5) is 20.6. The summed E-state index contributed by atoms with van der Waals surface area (Å²) in [6.45, 7) is 0.148. The van der Waals surface area contributed by atoms with Crippen LogP contribution in [0.2, 0.25) is 0 Å². The molecule has 0 saturated carbocycles. The van der Waals surface area contributed by atoms with E-state index in [1.807, 2.05) is 0 Å². The van der Waals surface area contributed by atoms with Crippen molar-refractivity contribution in [2.75, 3.05) is 13.7 Å². The number of aromatic nitrogens is 4. The number of carbonyl (C=O) groups excluding carboxylic acids is 1. The van der Waals surface area contributed by atoms with Crippen LogP contribution in [-0.2, 0) is 24.3 Å². The summed E-state index contributed by atoms with van der Waals surface area (Å²) >= 11 is 0. The SMILES string of the molecule is COCc1nc2n(n1)CC(NC(=O)c1ccc(OCC(F)F)nc1)CC2. The van der Waals surface area contributed by atoms with Crippen molar-refractivity contribution in [3.8, 4) is 5.88 Å². The van der Waals surface area contributed by atoms with E-state index in [0.717, 1.165) is 12.2 Å². The Morgan fingerprint density at radius 3 is 3.00 bits per heavy atom. The Morgan fingerprint density at radius 2 is 2.31 bits per heavy atom. The Labute approximate surface area is 148 Å². The van der Waals surface area contributed by atoms with Crippen LogP contribution in [0.3, 0.4) is 0 Å². The van der Waals surface area contributed by atoms with Crippen LogP contribution in [-0.4, -0.2) is 51.8 Å². The van der Waals surface area contributed by atoms with Gasteiger partial charge in [0.05, 0.1) is 12.1 Å². The lowest BCUT2D eigenvalue weighted by atomic mass is 10.1. The first-order valence-electron chi connectivity index (χ1n) is 8.14. The molecule has 0 aliphatic carbocycles. The van der Waals surface area contributed by atoms with Gasteiger partial charge in [0.25, 0.3) is 12.3 Å². The van der Waals surface area contributed by atoms with Crippen LogP contribution in [0, 0.1) is 0 Å². The molecule has 1 N–H and O–H groups in total. The molecule has 0 fully saturated rings. The number of hydrogen-bond acceptors (Lipinski definition) is 6. The molecule has 1 aliphatic rings. The molecule has 2 aromatic heterocycles. The first-order valence-corrected chi connectivity index (χ1v) is 8.14. The van der Waals surface area contributed by atoms with E-state index in [-0.39, 0.29) is 17.8 Å². The first kappa shape index (κ1) is 18.2. The van der Waals surface area contributed by atoms with Gasteiger partial charge >= 0.3 is 0 Å². The van der Waals surface area contributed by atoms with Gasteiger partial charge in [-0.1, -0.05) is 0 Å². The number of pyridine rings is 1. The summed E-state index contributed by atoms with van der Waals surface area (Å²) < 4.78 is 35.8. The van der Waals surface area contributed by atoms with E-state index in [9.17, 15) is 13.6 Å². The van der Waals surface area contributed by atoms with Gasteiger partial charge in [-0.25, -0.2) is 23.4 Å². The molecule has 140 valence electrons. The Hall–Kier alpha value is -2.62. The molecular weight excluding hydrogens is 348 g/mol. The highest BCUT2D eigenvalue weighted by Crippen LogP contribution is 2.15. The maximum atomic E-state index is 12.3. The molecule has 0 aromatic carbocycles. The highest BCUT2D eigenvalue weighted by atomic mass is 19.3. The Kier molecular flexibility index (Phi) is 5.71. The lowest BCUT2D eigenvalue weighted by Gasteiger charge is -2.23. The summed E-state index contributed by atoms with van der Waals surface area (Å²) in [5, 5.41) is 7.28. The number of carbonyl (C=O) groups is 1. The smallest absolute Gasteiger partial charge is 0.272 e. The van der Waals surface area contributed by atoms with Crippen molar-refractivity contribution in [3.63, 3.8) is 0 Å². The third-order valence-electron chi connectivity index (χ3n) is 3.87. The molecule has 2 aromatic rings. The van der Waals surface area contributed by atoms with Gasteiger partial charge < -0.3 is 14.8 Å². The minimum atomic E-state index is -2.57. The minimum Gasteiger partial charge on any atom is -0.472 e. The van der Waals surface area contributed by atoms with Crippen LogP contribution in [0.15, 0.2) is 18.3 Å². The highest BCUT2D eigenvalue weighted by molar-refractivity contribution is 5.94. The Balaban J connectivity index is 1.56. The standard InChI is InChI=1S/C16H19F2N5O3/c1-25-9-13-21-14-4-3-11(7-23(14)22-13)20-16(24)10-2-5-15(19-6-10)26-8-12(17)18/h2,5-6,11-12H,3-4,7-9H2,1H3,(H,20,24). The molecule has 3 heterocycles. The maximum Gasteiger partial charge on any atom is 0.272 e. The third-order valence-corrected chi connectivity index (χ3v) is 3.87. The number of amides is 1. The molecule has 1 atom stereocenters. The lowest BCUT2D eigenvalue weighted by Crippen LogP contribution is -2.41. The van der Waals surface area contributed by atoms with Crippen molar-refractivity contribution in [1.82, 2.24) is 25.1 Å². The predicted octanol–water partition coefficient (Wildman–Crippen LogP) is 1.21. The Bertz CT molecular complexity index is 751. The molecule has 1 unspecified atom stereocenters. The van der Waals surface area contributed by atoms with Crippen LogP contribution < -0.4 is 10.1 Å². The van der Waals surface area contributed by atoms with Crippen molar-refractivity contribution in [1.29, 1.82) is 0 Å². The summed E-state index contributed by atoms with van der Waals surface area (Å²) in [5.74, 6) is 1.27. The molecular formula is C16H19F2N5O3. The number of halogens is 2. The molecule has 0 radical (unpaired) electrons. The van der Waals surface area contributed by atoms with Gasteiger partial charge in [-0.05, 0) is 12.5 Å². The molecule has 10 heteroatoms. The largest absolute Gasteiger partial charge is 0.472 e. The number of aryl methyl sites for hydroxylation is 1. The van der Waals surface area contributed by atoms with Crippen molar-refractivity contribution in [3.05, 3.63) is 35.5 Å². The van der Waals surface area contributed by atoms with Crippen molar-refractivity contribution in [2.45, 2.75) is 38.5 Å². The number of nitrogens with zero attached hydrogens (tertiary/aromatic N) is 4. The molecule has 0 saturated heterocycles. The third kappa shape index (κ3) is 4.51. The summed E-state index contributed by atoms with van der Waals surface area (Å²) in [7, 11) is 1.58. The van der Waals surface area contributed by atoms with Crippen LogP contribution >= 0.6 is 0 Å². The number of rotatable bonds is 7. The van der Waals surface area contributed by atoms with E-state index < -0.39 is 13.0 Å². The zero-order valence-electron chi connectivity index (χ0n) is 14.2. The quantitative estimate of drug-likeness (QED) is 0.791. The molecule has 0 spiro atoms. The average Bonchev–Trinajstić information content (AvgIpc) is 3.02. The van der Waals surface area contributed by atoms with E-state index in [1.54, 1.807) is 11.8 Å². The fourth-order valence-corrected chi connectivity index (χ4v) is 2.69. The second-order valence-electron chi connectivity index (χ2n) is 5.86. The van der Waals surface area contributed by atoms with Gasteiger partial charge in [0.2, 0.25) is 5.88 Å². The number of ether oxygens (including phenoxy) is 2. The molecule has 8 nitrogen and oxygen atoms in total. The van der Waals surface area contributed by atoms with Gasteiger partial charge in [0, 0.05) is 31.8 Å². The van der Waals surface area contributed by atoms with Crippen molar-refractivity contribution < 1.29 is 23.0 Å². The van der Waals surface area contributed by atoms with Crippen molar-refractivity contribution in [2.24, 2.45) is 0 Å². The van der Waals surface area contributed by atoms with Gasteiger partial charge in [-0.3, -0.25) is 4.79 Å². The highest BCUT2D eigenvalue weighted by Gasteiger charge is 2.23. The van der Waals surface area contributed by atoms with Gasteiger partial charge in [-0.2, -0.15) is 5.10 Å². The van der Waals surface area contributed by atoms with E-state index in [1.165, 1.54) is 18.3 Å². The number of methoxy groups -OCH3 is 1. The molecule has 0 bridgehead atoms. The molecule has 1 amide bonds. The summed E-state index contributed by atoms with van der Waals surface area (Å²) in [6, 6.07) is 2.80. The van der Waals surface area contributed by atoms with Crippen LogP contribution in [0.25, 0.3) is 0 Å². The predicted molar refractivity (Wildman–Crippen MR) is 86.0 cm³/mol. The Morgan fingerprint density at radius 1 is 1.46 bits per heavy atom. The van der Waals surface area contributed by atoms with Gasteiger partial charge in [-0.15, -0.1) is 0 Å². The molecule has 3 rings (SSSR count). The zero-order valence-corrected chi connectivity index (χ0v) is 14.2. The fraction of sp³-hybridized carbons (Fsp3) is 0.500. The lowest BCUT2D eigenvalue weighted by molar-refractivity contribution is 0.0794. The van der Waals surface area contributed by atoms with Crippen LogP contribution in [0.1, 0.15) is 28.4 Å².